The molecule has 5 heteroatoms. The van der Waals surface area contributed by atoms with Gasteiger partial charge in [0.05, 0.1) is 0 Å². The van der Waals surface area contributed by atoms with E-state index in [9.17, 15) is 9.59 Å². The van der Waals surface area contributed by atoms with E-state index in [1.807, 2.05) is 19.9 Å². The Morgan fingerprint density at radius 1 is 1.32 bits per heavy atom. The van der Waals surface area contributed by atoms with Crippen molar-refractivity contribution in [2.45, 2.75) is 33.2 Å². The Hall–Kier alpha value is -1.36. The number of aryl methyl sites for hydroxylation is 1. The number of hydrogen-bond acceptors (Lipinski definition) is 2. The minimum atomic E-state index is -0.543. The number of rotatable bonds is 5. The lowest BCUT2D eigenvalue weighted by atomic mass is 10.1. The highest BCUT2D eigenvalue weighted by Gasteiger charge is 2.16. The molecule has 0 saturated heterocycles. The van der Waals surface area contributed by atoms with Gasteiger partial charge in [-0.3, -0.25) is 9.59 Å². The first-order valence-corrected chi connectivity index (χ1v) is 7.09. The van der Waals surface area contributed by atoms with E-state index >= 15 is 0 Å². The molecule has 1 rings (SSSR count). The van der Waals surface area contributed by atoms with Crippen molar-refractivity contribution >= 4 is 27.7 Å². The zero-order chi connectivity index (χ0) is 14.4. The van der Waals surface area contributed by atoms with Crippen molar-refractivity contribution in [3.05, 3.63) is 33.8 Å². The molecule has 2 N–H and O–H groups in total. The number of amides is 2. The van der Waals surface area contributed by atoms with Crippen LogP contribution in [-0.2, 0) is 4.79 Å². The molecule has 0 radical (unpaired) electrons. The van der Waals surface area contributed by atoms with Crippen LogP contribution in [0.2, 0.25) is 0 Å². The van der Waals surface area contributed by atoms with Crippen molar-refractivity contribution in [1.29, 1.82) is 0 Å². The number of benzene rings is 1. The standard InChI is InChI=1S/C14H19BrN2O2/c1-4-5-16-13(18)10(3)17-14(19)11-6-9(2)7-12(15)8-11/h6-8,10H,4-5H2,1-3H3,(H,16,18)(H,17,19). The fourth-order valence-corrected chi connectivity index (χ4v) is 2.22. The maximum atomic E-state index is 12.0. The Labute approximate surface area is 122 Å². The minimum Gasteiger partial charge on any atom is -0.354 e. The predicted octanol–water partition coefficient (Wildman–Crippen LogP) is 2.40. The van der Waals surface area contributed by atoms with Crippen LogP contribution in [0.25, 0.3) is 0 Å². The summed E-state index contributed by atoms with van der Waals surface area (Å²) in [4.78, 5) is 23.7. The first-order chi connectivity index (χ1) is 8.93. The van der Waals surface area contributed by atoms with Crippen LogP contribution in [0.15, 0.2) is 22.7 Å². The Morgan fingerprint density at radius 3 is 2.58 bits per heavy atom. The molecule has 0 fully saturated rings. The first kappa shape index (κ1) is 15.7. The SMILES string of the molecule is CCCNC(=O)C(C)NC(=O)c1cc(C)cc(Br)c1. The highest BCUT2D eigenvalue weighted by atomic mass is 79.9. The Bertz CT molecular complexity index is 454. The molecule has 1 atom stereocenters. The van der Waals surface area contributed by atoms with Gasteiger partial charge in [-0.1, -0.05) is 22.9 Å². The molecular formula is C14H19BrN2O2. The second-order valence-electron chi connectivity index (χ2n) is 4.50. The topological polar surface area (TPSA) is 58.2 Å². The van der Waals surface area contributed by atoms with Gasteiger partial charge in [-0.15, -0.1) is 0 Å². The van der Waals surface area contributed by atoms with Gasteiger partial charge in [0.1, 0.15) is 6.04 Å². The number of carbonyl (C=O) groups excluding carboxylic acids is 2. The molecule has 19 heavy (non-hydrogen) atoms. The van der Waals surface area contributed by atoms with Crippen LogP contribution in [0.5, 0.6) is 0 Å². The van der Waals surface area contributed by atoms with Gasteiger partial charge in [0.2, 0.25) is 5.91 Å². The maximum Gasteiger partial charge on any atom is 0.251 e. The predicted molar refractivity (Wildman–Crippen MR) is 79.1 cm³/mol. The summed E-state index contributed by atoms with van der Waals surface area (Å²) < 4.78 is 0.848. The van der Waals surface area contributed by atoms with Crippen LogP contribution >= 0.6 is 15.9 Å². The summed E-state index contributed by atoms with van der Waals surface area (Å²) in [5.74, 6) is -0.412. The lowest BCUT2D eigenvalue weighted by Gasteiger charge is -2.14. The molecule has 104 valence electrons. The fraction of sp³-hybridized carbons (Fsp3) is 0.429. The van der Waals surface area contributed by atoms with Crippen LogP contribution in [0.3, 0.4) is 0 Å². The van der Waals surface area contributed by atoms with Gasteiger partial charge in [0, 0.05) is 16.6 Å². The third-order valence-electron chi connectivity index (χ3n) is 2.59. The molecule has 1 aromatic rings. The first-order valence-electron chi connectivity index (χ1n) is 6.29. The fourth-order valence-electron chi connectivity index (χ4n) is 1.61. The van der Waals surface area contributed by atoms with E-state index < -0.39 is 6.04 Å². The molecule has 0 heterocycles. The lowest BCUT2D eigenvalue weighted by molar-refractivity contribution is -0.122. The normalized spacial score (nSPS) is 11.8. The Balaban J connectivity index is 2.66. The average molecular weight is 327 g/mol. The highest BCUT2D eigenvalue weighted by molar-refractivity contribution is 9.10. The van der Waals surface area contributed by atoms with Gasteiger partial charge >= 0.3 is 0 Å². The third-order valence-corrected chi connectivity index (χ3v) is 3.05. The van der Waals surface area contributed by atoms with Crippen LogP contribution in [0.1, 0.15) is 36.2 Å². The number of carbonyl (C=O) groups is 2. The molecule has 4 nitrogen and oxygen atoms in total. The van der Waals surface area contributed by atoms with Crippen LogP contribution < -0.4 is 10.6 Å². The van der Waals surface area contributed by atoms with E-state index in [4.69, 9.17) is 0 Å². The molecule has 1 unspecified atom stereocenters. The molecule has 0 spiro atoms. The number of nitrogens with one attached hydrogen (secondary N) is 2. The van der Waals surface area contributed by atoms with Gasteiger partial charge < -0.3 is 10.6 Å². The summed E-state index contributed by atoms with van der Waals surface area (Å²) in [5, 5.41) is 5.44. The second kappa shape index (κ2) is 7.28. The van der Waals surface area contributed by atoms with E-state index in [2.05, 4.69) is 26.6 Å². The summed E-state index contributed by atoms with van der Waals surface area (Å²) >= 11 is 3.35. The van der Waals surface area contributed by atoms with Crippen LogP contribution in [-0.4, -0.2) is 24.4 Å². The van der Waals surface area contributed by atoms with E-state index in [0.717, 1.165) is 16.5 Å². The monoisotopic (exact) mass is 326 g/mol. The second-order valence-corrected chi connectivity index (χ2v) is 5.42. The van der Waals surface area contributed by atoms with Gasteiger partial charge in [0.25, 0.3) is 5.91 Å². The summed E-state index contributed by atoms with van der Waals surface area (Å²) in [6, 6.07) is 4.91. The van der Waals surface area contributed by atoms with Crippen molar-refractivity contribution < 1.29 is 9.59 Å². The van der Waals surface area contributed by atoms with E-state index in [1.54, 1.807) is 19.1 Å². The van der Waals surface area contributed by atoms with Crippen LogP contribution in [0.4, 0.5) is 0 Å². The van der Waals surface area contributed by atoms with Crippen molar-refractivity contribution in [2.75, 3.05) is 6.54 Å². The van der Waals surface area contributed by atoms with Crippen LogP contribution in [0, 0.1) is 6.92 Å². The molecule has 2 amide bonds. The smallest absolute Gasteiger partial charge is 0.251 e. The number of halogens is 1. The van der Waals surface area contributed by atoms with Gasteiger partial charge in [-0.2, -0.15) is 0 Å². The summed E-state index contributed by atoms with van der Waals surface area (Å²) in [6.07, 6.45) is 0.872. The average Bonchev–Trinajstić information content (AvgIpc) is 2.34. The largest absolute Gasteiger partial charge is 0.354 e. The van der Waals surface area contributed by atoms with Gasteiger partial charge in [-0.05, 0) is 44.0 Å². The third kappa shape index (κ3) is 5.03. The molecule has 0 aliphatic carbocycles. The quantitative estimate of drug-likeness (QED) is 0.872. The zero-order valence-corrected chi connectivity index (χ0v) is 13.0. The van der Waals surface area contributed by atoms with Crippen molar-refractivity contribution in [3.8, 4) is 0 Å². The summed E-state index contributed by atoms with van der Waals surface area (Å²) in [6.45, 7) is 6.19. The number of hydrogen-bond donors (Lipinski definition) is 2. The maximum absolute atomic E-state index is 12.0. The van der Waals surface area contributed by atoms with Crippen molar-refractivity contribution in [2.24, 2.45) is 0 Å². The highest BCUT2D eigenvalue weighted by Crippen LogP contribution is 2.15. The molecule has 0 saturated carbocycles. The zero-order valence-electron chi connectivity index (χ0n) is 11.4. The summed E-state index contributed by atoms with van der Waals surface area (Å²) in [5.41, 5.74) is 1.53. The summed E-state index contributed by atoms with van der Waals surface area (Å²) in [7, 11) is 0. The molecule has 0 bridgehead atoms. The Kier molecular flexibility index (Phi) is 6.02. The van der Waals surface area contributed by atoms with Gasteiger partial charge in [0.15, 0.2) is 0 Å². The van der Waals surface area contributed by atoms with E-state index in [-0.39, 0.29) is 11.8 Å². The molecule has 0 aromatic heterocycles. The molecule has 0 aliphatic rings. The van der Waals surface area contributed by atoms with E-state index in [1.165, 1.54) is 0 Å². The molecular weight excluding hydrogens is 308 g/mol. The van der Waals surface area contributed by atoms with Gasteiger partial charge in [-0.25, -0.2) is 0 Å². The van der Waals surface area contributed by atoms with Crippen molar-refractivity contribution in [1.82, 2.24) is 10.6 Å². The Morgan fingerprint density at radius 2 is 2.00 bits per heavy atom. The van der Waals surface area contributed by atoms with E-state index in [0.29, 0.717) is 12.1 Å². The molecule has 0 aliphatic heterocycles. The molecule has 1 aromatic carbocycles. The van der Waals surface area contributed by atoms with Crippen molar-refractivity contribution in [3.63, 3.8) is 0 Å². The lowest BCUT2D eigenvalue weighted by Crippen LogP contribution is -2.45. The minimum absolute atomic E-state index is 0.165.